The van der Waals surface area contributed by atoms with Gasteiger partial charge in [0.2, 0.25) is 11.8 Å². The fourth-order valence-electron chi connectivity index (χ4n) is 2.82. The van der Waals surface area contributed by atoms with Crippen LogP contribution in [0.25, 0.3) is 6.08 Å². The van der Waals surface area contributed by atoms with Crippen molar-refractivity contribution < 1.29 is 23.9 Å². The Labute approximate surface area is 175 Å². The first-order valence-electron chi connectivity index (χ1n) is 9.21. The van der Waals surface area contributed by atoms with Crippen molar-refractivity contribution in [2.24, 2.45) is 0 Å². The highest BCUT2D eigenvalue weighted by Crippen LogP contribution is 2.18. The smallest absolute Gasteiger partial charge is 0.308 e. The van der Waals surface area contributed by atoms with Crippen LogP contribution in [0.5, 0.6) is 5.75 Å². The first-order valence-corrected chi connectivity index (χ1v) is 9.62. The summed E-state index contributed by atoms with van der Waals surface area (Å²) in [5.41, 5.74) is 0.739. The van der Waals surface area contributed by atoms with Crippen molar-refractivity contribution >= 4 is 41.2 Å². The number of thiocarbonyl (C=S) groups is 1. The molecular formula is C20H25N3O5S. The Morgan fingerprint density at radius 1 is 1.38 bits per heavy atom. The van der Waals surface area contributed by atoms with Crippen LogP contribution in [0.2, 0.25) is 0 Å². The highest BCUT2D eigenvalue weighted by atomic mass is 32.1. The Hall–Kier alpha value is -2.94. The summed E-state index contributed by atoms with van der Waals surface area (Å²) in [6.07, 6.45) is 2.50. The average molecular weight is 420 g/mol. The van der Waals surface area contributed by atoms with E-state index in [1.165, 1.54) is 11.0 Å². The highest BCUT2D eigenvalue weighted by Gasteiger charge is 2.34. The van der Waals surface area contributed by atoms with Crippen molar-refractivity contribution in [3.05, 3.63) is 35.9 Å². The van der Waals surface area contributed by atoms with Crippen molar-refractivity contribution in [2.75, 3.05) is 20.2 Å². The van der Waals surface area contributed by atoms with Crippen molar-refractivity contribution in [2.45, 2.75) is 32.4 Å². The number of esters is 1. The van der Waals surface area contributed by atoms with E-state index in [-0.39, 0.29) is 23.5 Å². The van der Waals surface area contributed by atoms with Gasteiger partial charge >= 0.3 is 5.97 Å². The molecule has 0 bridgehead atoms. The van der Waals surface area contributed by atoms with E-state index < -0.39 is 17.9 Å². The third-order valence-electron chi connectivity index (χ3n) is 4.10. The molecule has 0 saturated carbocycles. The lowest BCUT2D eigenvalue weighted by Gasteiger charge is -2.36. The van der Waals surface area contributed by atoms with E-state index in [0.29, 0.717) is 18.8 Å². The van der Waals surface area contributed by atoms with Gasteiger partial charge in [-0.05, 0) is 38.2 Å². The standard InChI is InChI=1S/C20H25N3O5S/c1-13(2)28-18(25)12-15-19(26)21-10-11-23(15)20(29)22-17(24)9-8-14-6-4-5-7-16(14)27-3/h4-9,13,15H,10-12H2,1-3H3,(H,21,26)(H,22,24,29). The van der Waals surface area contributed by atoms with Gasteiger partial charge in [0, 0.05) is 24.7 Å². The minimum Gasteiger partial charge on any atom is -0.496 e. The van der Waals surface area contributed by atoms with Crippen molar-refractivity contribution in [1.29, 1.82) is 0 Å². The number of rotatable bonds is 6. The van der Waals surface area contributed by atoms with E-state index in [4.69, 9.17) is 21.7 Å². The average Bonchev–Trinajstić information content (AvgIpc) is 2.67. The van der Waals surface area contributed by atoms with Gasteiger partial charge in [0.05, 0.1) is 19.6 Å². The molecular weight excluding hydrogens is 394 g/mol. The molecule has 0 spiro atoms. The number of hydrogen-bond acceptors (Lipinski definition) is 6. The van der Waals surface area contributed by atoms with Crippen LogP contribution in [0.3, 0.4) is 0 Å². The first-order chi connectivity index (χ1) is 13.8. The van der Waals surface area contributed by atoms with Crippen LogP contribution >= 0.6 is 12.2 Å². The number of ether oxygens (including phenoxy) is 2. The number of hydrogen-bond donors (Lipinski definition) is 2. The molecule has 1 saturated heterocycles. The number of nitrogens with one attached hydrogen (secondary N) is 2. The highest BCUT2D eigenvalue weighted by molar-refractivity contribution is 7.80. The summed E-state index contributed by atoms with van der Waals surface area (Å²) in [6, 6.07) is 6.43. The monoisotopic (exact) mass is 419 g/mol. The SMILES string of the molecule is COc1ccccc1C=CC(=O)NC(=S)N1CCNC(=O)C1CC(=O)OC(C)C. The molecule has 156 valence electrons. The molecule has 1 atom stereocenters. The summed E-state index contributed by atoms with van der Waals surface area (Å²) in [6.45, 7) is 4.20. The fourth-order valence-corrected chi connectivity index (χ4v) is 3.14. The van der Waals surface area contributed by atoms with Gasteiger partial charge in [-0.25, -0.2) is 0 Å². The van der Waals surface area contributed by atoms with Crippen molar-refractivity contribution in [3.63, 3.8) is 0 Å². The molecule has 8 nitrogen and oxygen atoms in total. The zero-order valence-electron chi connectivity index (χ0n) is 16.6. The van der Waals surface area contributed by atoms with Gasteiger partial charge in [-0.1, -0.05) is 18.2 Å². The summed E-state index contributed by atoms with van der Waals surface area (Å²) >= 11 is 5.30. The third-order valence-corrected chi connectivity index (χ3v) is 4.44. The van der Waals surface area contributed by atoms with Gasteiger partial charge in [-0.3, -0.25) is 19.7 Å². The molecule has 2 amide bonds. The molecule has 1 aromatic carbocycles. The lowest BCUT2D eigenvalue weighted by atomic mass is 10.1. The van der Waals surface area contributed by atoms with Gasteiger partial charge in [-0.15, -0.1) is 0 Å². The maximum Gasteiger partial charge on any atom is 0.308 e. The molecule has 1 aliphatic heterocycles. The first kappa shape index (κ1) is 22.4. The lowest BCUT2D eigenvalue weighted by molar-refractivity contribution is -0.150. The maximum atomic E-state index is 12.3. The summed E-state index contributed by atoms with van der Waals surface area (Å²) in [4.78, 5) is 38.0. The summed E-state index contributed by atoms with van der Waals surface area (Å²) in [7, 11) is 1.55. The summed E-state index contributed by atoms with van der Waals surface area (Å²) in [5, 5.41) is 5.36. The lowest BCUT2D eigenvalue weighted by Crippen LogP contribution is -2.60. The van der Waals surface area contributed by atoms with E-state index in [1.54, 1.807) is 33.1 Å². The van der Waals surface area contributed by atoms with Crippen LogP contribution in [0.4, 0.5) is 0 Å². The summed E-state index contributed by atoms with van der Waals surface area (Å²) < 4.78 is 10.4. The fraction of sp³-hybridized carbons (Fsp3) is 0.400. The predicted molar refractivity (Wildman–Crippen MR) is 112 cm³/mol. The van der Waals surface area contributed by atoms with Gasteiger partial charge in [-0.2, -0.15) is 0 Å². The number of benzene rings is 1. The molecule has 29 heavy (non-hydrogen) atoms. The van der Waals surface area contributed by atoms with E-state index in [1.807, 2.05) is 18.2 Å². The van der Waals surface area contributed by atoms with Gasteiger partial charge < -0.3 is 19.7 Å². The number of carbonyl (C=O) groups is 3. The van der Waals surface area contributed by atoms with Crippen LogP contribution in [-0.2, 0) is 19.1 Å². The van der Waals surface area contributed by atoms with Crippen LogP contribution in [0, 0.1) is 0 Å². The number of nitrogens with zero attached hydrogens (tertiary/aromatic N) is 1. The van der Waals surface area contributed by atoms with Crippen LogP contribution < -0.4 is 15.4 Å². The molecule has 1 fully saturated rings. The maximum absolute atomic E-state index is 12.3. The molecule has 1 heterocycles. The second-order valence-electron chi connectivity index (χ2n) is 6.61. The molecule has 1 unspecified atom stereocenters. The van der Waals surface area contributed by atoms with Gasteiger partial charge in [0.1, 0.15) is 11.8 Å². The molecule has 0 radical (unpaired) electrons. The zero-order chi connectivity index (χ0) is 21.4. The Morgan fingerprint density at radius 2 is 2.10 bits per heavy atom. The van der Waals surface area contributed by atoms with E-state index in [0.717, 1.165) is 5.56 Å². The Morgan fingerprint density at radius 3 is 2.79 bits per heavy atom. The molecule has 2 rings (SSSR count). The topological polar surface area (TPSA) is 97.0 Å². The van der Waals surface area contributed by atoms with Crippen LogP contribution in [0.15, 0.2) is 30.3 Å². The Kier molecular flexibility index (Phi) is 8.14. The zero-order valence-corrected chi connectivity index (χ0v) is 17.5. The van der Waals surface area contributed by atoms with Crippen molar-refractivity contribution in [1.82, 2.24) is 15.5 Å². The number of carbonyl (C=O) groups excluding carboxylic acids is 3. The van der Waals surface area contributed by atoms with Crippen LogP contribution in [-0.4, -0.2) is 60.1 Å². The van der Waals surface area contributed by atoms with Gasteiger partial charge in [0.15, 0.2) is 5.11 Å². The molecule has 9 heteroatoms. The minimum absolute atomic E-state index is 0.0804. The molecule has 1 aromatic rings. The quantitative estimate of drug-likeness (QED) is 0.407. The second kappa shape index (κ2) is 10.6. The number of para-hydroxylation sites is 1. The number of methoxy groups -OCH3 is 1. The van der Waals surface area contributed by atoms with E-state index in [9.17, 15) is 14.4 Å². The number of amides is 2. The Bertz CT molecular complexity index is 809. The molecule has 1 aliphatic rings. The third kappa shape index (κ3) is 6.56. The predicted octanol–water partition coefficient (Wildman–Crippen LogP) is 1.25. The van der Waals surface area contributed by atoms with Crippen molar-refractivity contribution in [3.8, 4) is 5.75 Å². The molecule has 0 aliphatic carbocycles. The Balaban J connectivity index is 2.02. The van der Waals surface area contributed by atoms with Crippen LogP contribution in [0.1, 0.15) is 25.8 Å². The summed E-state index contributed by atoms with van der Waals surface area (Å²) in [5.74, 6) is -0.652. The molecule has 0 aromatic heterocycles. The molecule has 2 N–H and O–H groups in total. The second-order valence-corrected chi connectivity index (χ2v) is 7.00. The van der Waals surface area contributed by atoms with E-state index >= 15 is 0 Å². The van der Waals surface area contributed by atoms with Gasteiger partial charge in [0.25, 0.3) is 0 Å². The largest absolute Gasteiger partial charge is 0.496 e. The minimum atomic E-state index is -0.832. The normalized spacial score (nSPS) is 16.5. The van der Waals surface area contributed by atoms with E-state index in [2.05, 4.69) is 10.6 Å². The number of piperazine rings is 1.